The molecule has 7 heteroatoms. The van der Waals surface area contributed by atoms with Gasteiger partial charge in [-0.2, -0.15) is 13.2 Å². The van der Waals surface area contributed by atoms with Gasteiger partial charge < -0.3 is 4.90 Å². The van der Waals surface area contributed by atoms with Crippen molar-refractivity contribution in [1.29, 1.82) is 0 Å². The third-order valence-corrected chi connectivity index (χ3v) is 4.79. The largest absolute Gasteiger partial charge is 0.419 e. The number of anilines is 1. The Morgan fingerprint density at radius 3 is 2.42 bits per heavy atom. The first-order chi connectivity index (χ1) is 12.5. The van der Waals surface area contributed by atoms with Crippen LogP contribution in [0.2, 0.25) is 0 Å². The van der Waals surface area contributed by atoms with Crippen molar-refractivity contribution in [2.24, 2.45) is 0 Å². The quantitative estimate of drug-likeness (QED) is 0.680. The molecule has 26 heavy (non-hydrogen) atoms. The molecule has 1 aliphatic heterocycles. The molecule has 0 N–H and O–H groups in total. The zero-order valence-corrected chi connectivity index (χ0v) is 13.9. The van der Waals surface area contributed by atoms with E-state index in [0.29, 0.717) is 18.7 Å². The van der Waals surface area contributed by atoms with Gasteiger partial charge in [-0.25, -0.2) is 15.0 Å². The lowest BCUT2D eigenvalue weighted by atomic mass is 9.92. The van der Waals surface area contributed by atoms with E-state index < -0.39 is 11.7 Å². The number of rotatable bonds is 2. The number of alkyl halides is 3. The second-order valence-corrected chi connectivity index (χ2v) is 6.42. The number of nitrogens with zero attached hydrogens (tertiary/aromatic N) is 4. The molecule has 0 amide bonds. The molecule has 0 aromatic carbocycles. The fourth-order valence-corrected chi connectivity index (χ4v) is 3.45. The SMILES string of the molecule is FC(F)(F)c1cccnc1N1CCC(c2ccc3cccnc3n2)CC1. The number of aromatic nitrogens is 3. The van der Waals surface area contributed by atoms with Gasteiger partial charge in [0.05, 0.1) is 5.56 Å². The van der Waals surface area contributed by atoms with Crippen LogP contribution in [-0.2, 0) is 6.18 Å². The van der Waals surface area contributed by atoms with E-state index in [1.165, 1.54) is 12.3 Å². The summed E-state index contributed by atoms with van der Waals surface area (Å²) in [7, 11) is 0. The predicted molar refractivity (Wildman–Crippen MR) is 93.0 cm³/mol. The van der Waals surface area contributed by atoms with E-state index in [9.17, 15) is 13.2 Å². The van der Waals surface area contributed by atoms with Crippen LogP contribution < -0.4 is 4.90 Å². The molecule has 3 aromatic heterocycles. The lowest BCUT2D eigenvalue weighted by molar-refractivity contribution is -0.137. The summed E-state index contributed by atoms with van der Waals surface area (Å²) in [6.07, 6.45) is 0.194. The number of hydrogen-bond donors (Lipinski definition) is 0. The highest BCUT2D eigenvalue weighted by Crippen LogP contribution is 2.37. The van der Waals surface area contributed by atoms with Gasteiger partial charge in [0.1, 0.15) is 5.82 Å². The summed E-state index contributed by atoms with van der Waals surface area (Å²) < 4.78 is 39.6. The van der Waals surface area contributed by atoms with E-state index in [1.807, 2.05) is 24.3 Å². The summed E-state index contributed by atoms with van der Waals surface area (Å²) in [4.78, 5) is 14.6. The maximum atomic E-state index is 13.2. The van der Waals surface area contributed by atoms with Crippen molar-refractivity contribution >= 4 is 16.9 Å². The van der Waals surface area contributed by atoms with E-state index >= 15 is 0 Å². The van der Waals surface area contributed by atoms with Gasteiger partial charge in [-0.3, -0.25) is 0 Å². The van der Waals surface area contributed by atoms with Gasteiger partial charge in [0, 0.05) is 42.5 Å². The van der Waals surface area contributed by atoms with E-state index in [2.05, 4.69) is 15.0 Å². The molecule has 3 aromatic rings. The Morgan fingerprint density at radius 2 is 1.65 bits per heavy atom. The number of pyridine rings is 3. The molecule has 1 fully saturated rings. The van der Waals surface area contributed by atoms with Crippen LogP contribution in [0, 0.1) is 0 Å². The molecule has 0 atom stereocenters. The summed E-state index contributed by atoms with van der Waals surface area (Å²) in [5.74, 6) is 0.238. The van der Waals surface area contributed by atoms with Gasteiger partial charge in [-0.1, -0.05) is 0 Å². The highest BCUT2D eigenvalue weighted by atomic mass is 19.4. The summed E-state index contributed by atoms with van der Waals surface area (Å²) in [6.45, 7) is 1.04. The lowest BCUT2D eigenvalue weighted by Gasteiger charge is -2.33. The van der Waals surface area contributed by atoms with Crippen LogP contribution in [0.15, 0.2) is 48.8 Å². The van der Waals surface area contributed by atoms with E-state index in [4.69, 9.17) is 0 Å². The average molecular weight is 358 g/mol. The first-order valence-electron chi connectivity index (χ1n) is 8.51. The standard InChI is InChI=1S/C19H17F3N4/c20-19(21,22)15-4-2-10-24-18(15)26-11-7-13(8-12-26)16-6-5-14-3-1-9-23-17(14)25-16/h1-6,9-10,13H,7-8,11-12H2. The van der Waals surface area contributed by atoms with E-state index in [1.54, 1.807) is 11.1 Å². The normalized spacial score (nSPS) is 16.2. The molecule has 4 heterocycles. The van der Waals surface area contributed by atoms with Crippen LogP contribution in [0.5, 0.6) is 0 Å². The smallest absolute Gasteiger partial charge is 0.356 e. The minimum atomic E-state index is -4.40. The molecule has 0 spiro atoms. The molecule has 1 saturated heterocycles. The second-order valence-electron chi connectivity index (χ2n) is 6.42. The van der Waals surface area contributed by atoms with Crippen molar-refractivity contribution in [3.63, 3.8) is 0 Å². The summed E-state index contributed by atoms with van der Waals surface area (Å²) in [5, 5.41) is 0.983. The highest BCUT2D eigenvalue weighted by molar-refractivity contribution is 5.74. The fourth-order valence-electron chi connectivity index (χ4n) is 3.45. The van der Waals surface area contributed by atoms with Gasteiger partial charge >= 0.3 is 6.18 Å². The summed E-state index contributed by atoms with van der Waals surface area (Å²) in [6, 6.07) is 10.2. The number of piperidine rings is 1. The maximum absolute atomic E-state index is 13.2. The molecular formula is C19H17F3N4. The lowest BCUT2D eigenvalue weighted by Crippen LogP contribution is -2.35. The van der Waals surface area contributed by atoms with Crippen LogP contribution >= 0.6 is 0 Å². The first kappa shape index (κ1) is 16.8. The van der Waals surface area contributed by atoms with Gasteiger partial charge in [-0.05, 0) is 49.2 Å². The van der Waals surface area contributed by atoms with Crippen LogP contribution in [0.4, 0.5) is 19.0 Å². The fraction of sp³-hybridized carbons (Fsp3) is 0.316. The number of halogens is 3. The van der Waals surface area contributed by atoms with Crippen molar-refractivity contribution in [1.82, 2.24) is 15.0 Å². The van der Waals surface area contributed by atoms with Gasteiger partial charge in [0.2, 0.25) is 0 Å². The number of fused-ring (bicyclic) bond motifs is 1. The molecule has 0 unspecified atom stereocenters. The second kappa shape index (κ2) is 6.55. The monoisotopic (exact) mass is 358 g/mol. The van der Waals surface area contributed by atoms with Crippen molar-refractivity contribution < 1.29 is 13.2 Å². The summed E-state index contributed by atoms with van der Waals surface area (Å²) in [5.41, 5.74) is 0.982. The first-order valence-corrected chi connectivity index (χ1v) is 8.51. The van der Waals surface area contributed by atoms with E-state index in [0.717, 1.165) is 30.0 Å². The van der Waals surface area contributed by atoms with Crippen molar-refractivity contribution in [2.75, 3.05) is 18.0 Å². The Kier molecular flexibility index (Phi) is 4.22. The molecule has 0 aliphatic carbocycles. The zero-order chi connectivity index (χ0) is 18.1. The third kappa shape index (κ3) is 3.21. The number of hydrogen-bond acceptors (Lipinski definition) is 4. The van der Waals surface area contributed by atoms with Crippen LogP contribution in [-0.4, -0.2) is 28.0 Å². The Morgan fingerprint density at radius 1 is 0.923 bits per heavy atom. The molecule has 0 radical (unpaired) electrons. The highest BCUT2D eigenvalue weighted by Gasteiger charge is 2.36. The Balaban J connectivity index is 1.52. The molecule has 1 aliphatic rings. The van der Waals surface area contributed by atoms with Crippen LogP contribution in [0.1, 0.15) is 30.0 Å². The van der Waals surface area contributed by atoms with Gasteiger partial charge in [-0.15, -0.1) is 0 Å². The molecule has 0 bridgehead atoms. The Bertz CT molecular complexity index is 918. The predicted octanol–water partition coefficient (Wildman–Crippen LogP) is 4.43. The average Bonchev–Trinajstić information content (AvgIpc) is 2.67. The minimum absolute atomic E-state index is 0.0200. The molecule has 4 rings (SSSR count). The molecule has 0 saturated carbocycles. The van der Waals surface area contributed by atoms with Crippen LogP contribution in [0.25, 0.3) is 11.0 Å². The van der Waals surface area contributed by atoms with E-state index in [-0.39, 0.29) is 11.7 Å². The minimum Gasteiger partial charge on any atom is -0.356 e. The Hall–Kier alpha value is -2.70. The van der Waals surface area contributed by atoms with Crippen molar-refractivity contribution in [2.45, 2.75) is 24.9 Å². The third-order valence-electron chi connectivity index (χ3n) is 4.79. The molecule has 4 nitrogen and oxygen atoms in total. The van der Waals surface area contributed by atoms with Crippen molar-refractivity contribution in [3.8, 4) is 0 Å². The van der Waals surface area contributed by atoms with Crippen molar-refractivity contribution in [3.05, 3.63) is 60.0 Å². The topological polar surface area (TPSA) is 41.9 Å². The van der Waals surface area contributed by atoms with Gasteiger partial charge in [0.25, 0.3) is 0 Å². The Labute approximate surface area is 148 Å². The summed E-state index contributed by atoms with van der Waals surface area (Å²) >= 11 is 0. The molecular weight excluding hydrogens is 341 g/mol. The van der Waals surface area contributed by atoms with Crippen LogP contribution in [0.3, 0.4) is 0 Å². The zero-order valence-electron chi connectivity index (χ0n) is 13.9. The maximum Gasteiger partial charge on any atom is 0.419 e. The molecule has 134 valence electrons. The van der Waals surface area contributed by atoms with Gasteiger partial charge in [0.15, 0.2) is 5.65 Å².